The summed E-state index contributed by atoms with van der Waals surface area (Å²) in [6.07, 6.45) is 3.23. The number of hydrogen-bond donors (Lipinski definition) is 1. The molecule has 108 valence electrons. The zero-order valence-corrected chi connectivity index (χ0v) is 13.2. The maximum atomic E-state index is 6.38. The van der Waals surface area contributed by atoms with Crippen molar-refractivity contribution in [2.45, 2.75) is 52.1 Å². The number of halogens is 1. The summed E-state index contributed by atoms with van der Waals surface area (Å²) in [4.78, 5) is 2.48. The summed E-state index contributed by atoms with van der Waals surface area (Å²) < 4.78 is 0. The standard InChI is InChI=1S/C16H27ClN2/c1-4-11-19(12-5-2)16(15(18)6-3)13-9-7-8-10-14(13)17/h7-10,15-16H,4-6,11-12,18H2,1-3H3. The average Bonchev–Trinajstić information content (AvgIpc) is 2.41. The van der Waals surface area contributed by atoms with Crippen molar-refractivity contribution >= 4 is 11.6 Å². The second kappa shape index (κ2) is 8.57. The third-order valence-electron chi connectivity index (χ3n) is 3.52. The van der Waals surface area contributed by atoms with E-state index in [1.165, 1.54) is 5.56 Å². The molecule has 1 rings (SSSR count). The van der Waals surface area contributed by atoms with Crippen LogP contribution in [0.5, 0.6) is 0 Å². The minimum Gasteiger partial charge on any atom is -0.326 e. The first-order chi connectivity index (χ1) is 9.15. The van der Waals surface area contributed by atoms with E-state index in [-0.39, 0.29) is 12.1 Å². The van der Waals surface area contributed by atoms with E-state index in [9.17, 15) is 0 Å². The summed E-state index contributed by atoms with van der Waals surface area (Å²) in [5.74, 6) is 0. The summed E-state index contributed by atoms with van der Waals surface area (Å²) >= 11 is 6.38. The lowest BCUT2D eigenvalue weighted by atomic mass is 9.95. The van der Waals surface area contributed by atoms with Crippen LogP contribution in [0.3, 0.4) is 0 Å². The van der Waals surface area contributed by atoms with Crippen molar-refractivity contribution < 1.29 is 0 Å². The van der Waals surface area contributed by atoms with E-state index in [4.69, 9.17) is 17.3 Å². The Labute approximate surface area is 122 Å². The lowest BCUT2D eigenvalue weighted by Gasteiger charge is -2.36. The second-order valence-electron chi connectivity index (χ2n) is 5.07. The molecule has 2 atom stereocenters. The summed E-state index contributed by atoms with van der Waals surface area (Å²) in [6.45, 7) is 8.70. The Morgan fingerprint density at radius 3 is 2.16 bits per heavy atom. The number of nitrogens with two attached hydrogens (primary N) is 1. The van der Waals surface area contributed by atoms with Crippen molar-refractivity contribution in [1.29, 1.82) is 0 Å². The van der Waals surface area contributed by atoms with E-state index < -0.39 is 0 Å². The molecule has 1 aromatic carbocycles. The lowest BCUT2D eigenvalue weighted by Crippen LogP contribution is -2.41. The van der Waals surface area contributed by atoms with Gasteiger partial charge in [0.2, 0.25) is 0 Å². The average molecular weight is 283 g/mol. The van der Waals surface area contributed by atoms with Crippen LogP contribution < -0.4 is 5.73 Å². The Kier molecular flexibility index (Phi) is 7.44. The van der Waals surface area contributed by atoms with Crippen LogP contribution in [0.1, 0.15) is 51.6 Å². The Morgan fingerprint density at radius 2 is 1.68 bits per heavy atom. The fourth-order valence-corrected chi connectivity index (χ4v) is 2.85. The zero-order chi connectivity index (χ0) is 14.3. The predicted molar refractivity (Wildman–Crippen MR) is 84.6 cm³/mol. The number of hydrogen-bond acceptors (Lipinski definition) is 2. The topological polar surface area (TPSA) is 29.3 Å². The number of nitrogens with zero attached hydrogens (tertiary/aromatic N) is 1. The molecule has 2 N–H and O–H groups in total. The van der Waals surface area contributed by atoms with Crippen LogP contribution in [0.2, 0.25) is 5.02 Å². The van der Waals surface area contributed by atoms with Gasteiger partial charge in [0, 0.05) is 11.1 Å². The van der Waals surface area contributed by atoms with Gasteiger partial charge in [-0.1, -0.05) is 50.6 Å². The molecule has 2 unspecified atom stereocenters. The third kappa shape index (κ3) is 4.48. The van der Waals surface area contributed by atoms with Crippen LogP contribution in [-0.4, -0.2) is 24.0 Å². The van der Waals surface area contributed by atoms with Gasteiger partial charge in [0.1, 0.15) is 0 Å². The van der Waals surface area contributed by atoms with E-state index in [2.05, 4.69) is 31.7 Å². The lowest BCUT2D eigenvalue weighted by molar-refractivity contribution is 0.169. The SMILES string of the molecule is CCCN(CCC)C(c1ccccc1Cl)C(N)CC. The van der Waals surface area contributed by atoms with Gasteiger partial charge in [0.25, 0.3) is 0 Å². The Balaban J connectivity index is 3.08. The van der Waals surface area contributed by atoms with E-state index >= 15 is 0 Å². The fraction of sp³-hybridized carbons (Fsp3) is 0.625. The summed E-state index contributed by atoms with van der Waals surface area (Å²) in [7, 11) is 0. The van der Waals surface area contributed by atoms with Crippen molar-refractivity contribution in [3.8, 4) is 0 Å². The first-order valence-electron chi connectivity index (χ1n) is 7.39. The molecule has 1 aromatic rings. The van der Waals surface area contributed by atoms with Crippen molar-refractivity contribution in [1.82, 2.24) is 4.90 Å². The molecule has 0 radical (unpaired) electrons. The van der Waals surface area contributed by atoms with Crippen LogP contribution in [0.4, 0.5) is 0 Å². The molecule has 0 aliphatic carbocycles. The predicted octanol–water partition coefficient (Wildman–Crippen LogP) is 4.24. The van der Waals surface area contributed by atoms with Crippen LogP contribution in [0.15, 0.2) is 24.3 Å². The molecule has 0 aromatic heterocycles. The van der Waals surface area contributed by atoms with Gasteiger partial charge in [0.05, 0.1) is 6.04 Å². The molecule has 2 nitrogen and oxygen atoms in total. The first kappa shape index (κ1) is 16.5. The van der Waals surface area contributed by atoms with Crippen LogP contribution in [-0.2, 0) is 0 Å². The van der Waals surface area contributed by atoms with Gasteiger partial charge in [-0.15, -0.1) is 0 Å². The molecule has 0 spiro atoms. The molecule has 0 fully saturated rings. The largest absolute Gasteiger partial charge is 0.326 e. The van der Waals surface area contributed by atoms with Gasteiger partial charge in [0.15, 0.2) is 0 Å². The van der Waals surface area contributed by atoms with Gasteiger partial charge >= 0.3 is 0 Å². The highest BCUT2D eigenvalue weighted by atomic mass is 35.5. The van der Waals surface area contributed by atoms with Crippen molar-refractivity contribution in [2.75, 3.05) is 13.1 Å². The van der Waals surface area contributed by atoms with Crippen LogP contribution in [0.25, 0.3) is 0 Å². The van der Waals surface area contributed by atoms with E-state index in [0.717, 1.165) is 37.4 Å². The van der Waals surface area contributed by atoms with E-state index in [1.54, 1.807) is 0 Å². The zero-order valence-electron chi connectivity index (χ0n) is 12.4. The van der Waals surface area contributed by atoms with Gasteiger partial charge in [-0.3, -0.25) is 4.90 Å². The molecule has 0 heterocycles. The molecule has 0 bridgehead atoms. The Bertz CT molecular complexity index is 362. The highest BCUT2D eigenvalue weighted by molar-refractivity contribution is 6.31. The number of benzene rings is 1. The molecular formula is C16H27ClN2. The maximum absolute atomic E-state index is 6.38. The molecule has 0 aliphatic heterocycles. The fourth-order valence-electron chi connectivity index (χ4n) is 2.60. The highest BCUT2D eigenvalue weighted by Crippen LogP contribution is 2.30. The first-order valence-corrected chi connectivity index (χ1v) is 7.77. The van der Waals surface area contributed by atoms with E-state index in [0.29, 0.717) is 0 Å². The van der Waals surface area contributed by atoms with Crippen LogP contribution >= 0.6 is 11.6 Å². The molecule has 3 heteroatoms. The molecule has 19 heavy (non-hydrogen) atoms. The van der Waals surface area contributed by atoms with E-state index in [1.807, 2.05) is 18.2 Å². The molecule has 0 amide bonds. The van der Waals surface area contributed by atoms with Gasteiger partial charge in [-0.25, -0.2) is 0 Å². The minimum atomic E-state index is 0.123. The van der Waals surface area contributed by atoms with Crippen LogP contribution in [0, 0.1) is 0 Å². The summed E-state index contributed by atoms with van der Waals surface area (Å²) in [5, 5.41) is 0.827. The quantitative estimate of drug-likeness (QED) is 0.773. The Hall–Kier alpha value is -0.570. The smallest absolute Gasteiger partial charge is 0.0513 e. The summed E-state index contributed by atoms with van der Waals surface area (Å²) in [6, 6.07) is 8.44. The van der Waals surface area contributed by atoms with Gasteiger partial charge in [-0.05, 0) is 44.0 Å². The molecule has 0 saturated heterocycles. The van der Waals surface area contributed by atoms with Crippen molar-refractivity contribution in [3.63, 3.8) is 0 Å². The highest BCUT2D eigenvalue weighted by Gasteiger charge is 2.26. The summed E-state index contributed by atoms with van der Waals surface area (Å²) in [5.41, 5.74) is 7.55. The maximum Gasteiger partial charge on any atom is 0.0513 e. The van der Waals surface area contributed by atoms with Crippen molar-refractivity contribution in [3.05, 3.63) is 34.9 Å². The minimum absolute atomic E-state index is 0.123. The third-order valence-corrected chi connectivity index (χ3v) is 3.86. The number of rotatable bonds is 8. The van der Waals surface area contributed by atoms with Gasteiger partial charge < -0.3 is 5.73 Å². The second-order valence-corrected chi connectivity index (χ2v) is 5.48. The normalized spacial score (nSPS) is 14.6. The van der Waals surface area contributed by atoms with Crippen molar-refractivity contribution in [2.24, 2.45) is 5.73 Å². The Morgan fingerprint density at radius 1 is 1.11 bits per heavy atom. The molecule has 0 aliphatic rings. The molecule has 0 saturated carbocycles. The molecular weight excluding hydrogens is 256 g/mol. The van der Waals surface area contributed by atoms with Gasteiger partial charge in [-0.2, -0.15) is 0 Å². The monoisotopic (exact) mass is 282 g/mol.